The maximum atomic E-state index is 13.0. The first-order chi connectivity index (χ1) is 21.7. The molecule has 0 aliphatic carbocycles. The van der Waals surface area contributed by atoms with Crippen LogP contribution in [0.4, 0.5) is 23.1 Å². The molecule has 0 atom stereocenters. The number of benzene rings is 2. The molecule has 2 aromatic heterocycles. The molecule has 0 saturated carbocycles. The van der Waals surface area contributed by atoms with E-state index in [2.05, 4.69) is 44.5 Å². The third-order valence-corrected chi connectivity index (χ3v) is 12.1. The molecule has 10 nitrogen and oxygen atoms in total. The molecule has 0 radical (unpaired) electrons. The summed E-state index contributed by atoms with van der Waals surface area (Å²) >= 11 is 1.54. The van der Waals surface area contributed by atoms with Gasteiger partial charge in [0.2, 0.25) is 5.95 Å². The lowest BCUT2D eigenvalue weighted by Crippen LogP contribution is -2.52. The number of hydrogen-bond donors (Lipinski definition) is 2. The van der Waals surface area contributed by atoms with Gasteiger partial charge in [-0.15, -0.1) is 11.3 Å². The Morgan fingerprint density at radius 2 is 1.76 bits per heavy atom. The van der Waals surface area contributed by atoms with Crippen LogP contribution < -0.4 is 20.3 Å². The second-order valence-electron chi connectivity index (χ2n) is 12.2. The molecule has 2 saturated heterocycles. The highest BCUT2D eigenvalue weighted by atomic mass is 32.2. The molecule has 4 heterocycles. The summed E-state index contributed by atoms with van der Waals surface area (Å²) in [6, 6.07) is 16.0. The van der Waals surface area contributed by atoms with Crippen LogP contribution in [0.3, 0.4) is 0 Å². The highest BCUT2D eigenvalue weighted by Crippen LogP contribution is 2.35. The van der Waals surface area contributed by atoms with Crippen LogP contribution >= 0.6 is 11.3 Å². The largest absolute Gasteiger partial charge is 0.494 e. The van der Waals surface area contributed by atoms with Gasteiger partial charge in [0, 0.05) is 63.6 Å². The van der Waals surface area contributed by atoms with E-state index in [1.807, 2.05) is 29.6 Å². The van der Waals surface area contributed by atoms with Gasteiger partial charge >= 0.3 is 0 Å². The summed E-state index contributed by atoms with van der Waals surface area (Å²) in [5.41, 5.74) is 3.44. The van der Waals surface area contributed by atoms with Crippen LogP contribution in [0.2, 0.25) is 0 Å². The Kier molecular flexibility index (Phi) is 9.46. The molecular formula is C33H43N7O3S2. The predicted octanol–water partition coefficient (Wildman–Crippen LogP) is 5.45. The first kappa shape index (κ1) is 31.5. The number of nitrogens with zero attached hydrogens (tertiary/aromatic N) is 5. The Hall–Kier alpha value is -3.45. The zero-order valence-corrected chi connectivity index (χ0v) is 28.1. The number of anilines is 4. The van der Waals surface area contributed by atoms with Gasteiger partial charge in [-0.2, -0.15) is 4.98 Å². The van der Waals surface area contributed by atoms with E-state index in [0.29, 0.717) is 34.8 Å². The highest BCUT2D eigenvalue weighted by Gasteiger charge is 2.27. The number of ether oxygens (including phenoxy) is 1. The van der Waals surface area contributed by atoms with E-state index in [0.717, 1.165) is 53.5 Å². The van der Waals surface area contributed by atoms with Crippen molar-refractivity contribution in [2.75, 3.05) is 69.0 Å². The molecule has 0 amide bonds. The Labute approximate surface area is 270 Å². The average Bonchev–Trinajstić information content (AvgIpc) is 3.53. The second-order valence-corrected chi connectivity index (χ2v) is 15.5. The van der Waals surface area contributed by atoms with Crippen molar-refractivity contribution in [2.45, 2.75) is 49.4 Å². The number of fused-ring (bicyclic) bond motifs is 1. The molecule has 12 heteroatoms. The van der Waals surface area contributed by atoms with Gasteiger partial charge in [-0.1, -0.05) is 18.2 Å². The van der Waals surface area contributed by atoms with Crippen LogP contribution in [0.15, 0.2) is 58.8 Å². The third-order valence-electron chi connectivity index (χ3n) is 8.97. The van der Waals surface area contributed by atoms with E-state index in [1.54, 1.807) is 44.4 Å². The number of piperazine rings is 1. The maximum Gasteiger partial charge on any atom is 0.229 e. The Morgan fingerprint density at radius 1 is 1.00 bits per heavy atom. The second kappa shape index (κ2) is 13.5. The number of hydrogen-bond acceptors (Lipinski definition) is 11. The fraction of sp³-hybridized carbons (Fsp3) is 0.455. The SMILES string of the molecule is COc1cc(N2CCC(N3CCN(C)CC3)CC2)ccc1Nc1nc(NCc2ccccc2S(=O)(=O)C(C)C)c2sccc2n1. The molecule has 2 aliphatic heterocycles. The fourth-order valence-corrected chi connectivity index (χ4v) is 8.25. The summed E-state index contributed by atoms with van der Waals surface area (Å²) < 4.78 is 32.7. The van der Waals surface area contributed by atoms with Crippen molar-refractivity contribution in [3.8, 4) is 5.75 Å². The maximum absolute atomic E-state index is 13.0. The lowest BCUT2D eigenvalue weighted by molar-refractivity contribution is 0.0982. The third kappa shape index (κ3) is 6.89. The van der Waals surface area contributed by atoms with Crippen molar-refractivity contribution in [1.82, 2.24) is 19.8 Å². The summed E-state index contributed by atoms with van der Waals surface area (Å²) in [7, 11) is 0.465. The normalized spacial score (nSPS) is 17.2. The van der Waals surface area contributed by atoms with Crippen LogP contribution in [0.1, 0.15) is 32.3 Å². The Balaban J connectivity index is 1.17. The minimum Gasteiger partial charge on any atom is -0.494 e. The van der Waals surface area contributed by atoms with Gasteiger partial charge in [-0.3, -0.25) is 4.90 Å². The molecular weight excluding hydrogens is 607 g/mol. The summed E-state index contributed by atoms with van der Waals surface area (Å²) in [6.07, 6.45) is 2.34. The summed E-state index contributed by atoms with van der Waals surface area (Å²) in [6.45, 7) is 10.4. The first-order valence-electron chi connectivity index (χ1n) is 15.7. The number of nitrogens with one attached hydrogen (secondary N) is 2. The summed E-state index contributed by atoms with van der Waals surface area (Å²) in [4.78, 5) is 17.4. The van der Waals surface area contributed by atoms with E-state index in [4.69, 9.17) is 14.7 Å². The van der Waals surface area contributed by atoms with Gasteiger partial charge in [0.05, 0.1) is 33.2 Å². The molecule has 6 rings (SSSR count). The standard InChI is InChI=1S/C33H43N7O3S2/c1-23(2)45(41,42)30-8-6-5-7-24(30)22-34-32-31-28(13-20-44-31)36-33(37-32)35-27-10-9-26(21-29(27)43-4)39-14-11-25(12-15-39)40-18-16-38(3)17-19-40/h5-10,13,20-21,23,25H,11-12,14-19,22H2,1-4H3,(H2,34,35,36,37). The topological polar surface area (TPSA) is 103 Å². The van der Waals surface area contributed by atoms with Gasteiger partial charge in [-0.05, 0) is 68.9 Å². The van der Waals surface area contributed by atoms with Gasteiger partial charge < -0.3 is 25.2 Å². The molecule has 0 unspecified atom stereocenters. The zero-order valence-electron chi connectivity index (χ0n) is 26.5. The lowest BCUT2D eigenvalue weighted by Gasteiger charge is -2.42. The summed E-state index contributed by atoms with van der Waals surface area (Å²) in [5.74, 6) is 1.81. The van der Waals surface area contributed by atoms with Crippen molar-refractivity contribution in [1.29, 1.82) is 0 Å². The van der Waals surface area contributed by atoms with E-state index < -0.39 is 15.1 Å². The first-order valence-corrected chi connectivity index (χ1v) is 18.1. The van der Waals surface area contributed by atoms with E-state index in [9.17, 15) is 8.42 Å². The quantitative estimate of drug-likeness (QED) is 0.231. The minimum atomic E-state index is -3.43. The predicted molar refractivity (Wildman–Crippen MR) is 184 cm³/mol. The molecule has 2 aromatic carbocycles. The van der Waals surface area contributed by atoms with Crippen molar-refractivity contribution >= 4 is 54.5 Å². The molecule has 2 N–H and O–H groups in total. The molecule has 4 aromatic rings. The Bertz CT molecular complexity index is 1730. The van der Waals surface area contributed by atoms with Gasteiger partial charge in [0.1, 0.15) is 11.6 Å². The molecule has 240 valence electrons. The number of aromatic nitrogens is 2. The van der Waals surface area contributed by atoms with Gasteiger partial charge in [0.25, 0.3) is 0 Å². The molecule has 45 heavy (non-hydrogen) atoms. The van der Waals surface area contributed by atoms with Crippen LogP contribution in [0.5, 0.6) is 5.75 Å². The van der Waals surface area contributed by atoms with Gasteiger partial charge in [0.15, 0.2) is 9.84 Å². The van der Waals surface area contributed by atoms with E-state index >= 15 is 0 Å². The van der Waals surface area contributed by atoms with Crippen LogP contribution in [0.25, 0.3) is 10.2 Å². The monoisotopic (exact) mass is 649 g/mol. The Morgan fingerprint density at radius 3 is 2.49 bits per heavy atom. The van der Waals surface area contributed by atoms with Crippen LogP contribution in [-0.4, -0.2) is 92.9 Å². The summed E-state index contributed by atoms with van der Waals surface area (Å²) in [5, 5.41) is 8.23. The fourth-order valence-electron chi connectivity index (χ4n) is 6.18. The number of rotatable bonds is 10. The number of likely N-dealkylation sites (N-methyl/N-ethyl adjacent to an activating group) is 1. The smallest absolute Gasteiger partial charge is 0.229 e. The average molecular weight is 650 g/mol. The van der Waals surface area contributed by atoms with Crippen LogP contribution in [0, 0.1) is 0 Å². The lowest BCUT2D eigenvalue weighted by atomic mass is 10.0. The van der Waals surface area contributed by atoms with E-state index in [-0.39, 0.29) is 0 Å². The highest BCUT2D eigenvalue weighted by molar-refractivity contribution is 7.92. The zero-order chi connectivity index (χ0) is 31.6. The van der Waals surface area contributed by atoms with Crippen molar-refractivity contribution in [3.63, 3.8) is 0 Å². The minimum absolute atomic E-state index is 0.315. The van der Waals surface area contributed by atoms with Crippen LogP contribution in [-0.2, 0) is 16.4 Å². The molecule has 2 fully saturated rings. The number of piperidine rings is 1. The van der Waals surface area contributed by atoms with E-state index in [1.165, 1.54) is 25.9 Å². The van der Waals surface area contributed by atoms with Crippen molar-refractivity contribution in [2.24, 2.45) is 0 Å². The number of methoxy groups -OCH3 is 1. The molecule has 0 spiro atoms. The van der Waals surface area contributed by atoms with Gasteiger partial charge in [-0.25, -0.2) is 13.4 Å². The molecule has 2 aliphatic rings. The van der Waals surface area contributed by atoms with Crippen molar-refractivity contribution < 1.29 is 13.2 Å². The van der Waals surface area contributed by atoms with Crippen molar-refractivity contribution in [3.05, 3.63) is 59.5 Å². The molecule has 0 bridgehead atoms. The number of sulfone groups is 1. The number of thiophene rings is 1.